The van der Waals surface area contributed by atoms with Crippen LogP contribution in [-0.2, 0) is 16.1 Å². The molecule has 1 aliphatic rings. The molecule has 6 heteroatoms. The van der Waals surface area contributed by atoms with Gasteiger partial charge >= 0.3 is 5.97 Å². The molecule has 1 aliphatic heterocycles. The lowest BCUT2D eigenvalue weighted by atomic mass is 9.90. The van der Waals surface area contributed by atoms with Crippen molar-refractivity contribution >= 4 is 34.1 Å². The molecular formula is C26H26N2O3S. The Morgan fingerprint density at radius 3 is 2.53 bits per heavy atom. The van der Waals surface area contributed by atoms with E-state index in [-0.39, 0.29) is 5.97 Å². The lowest BCUT2D eigenvalue weighted by Crippen LogP contribution is -2.46. The summed E-state index contributed by atoms with van der Waals surface area (Å²) in [5, 5.41) is 5.95. The maximum Gasteiger partial charge on any atom is 0.338 e. The highest BCUT2D eigenvalue weighted by atomic mass is 32.1. The fourth-order valence-corrected chi connectivity index (χ4v) is 4.21. The Bertz CT molecular complexity index is 1190. The van der Waals surface area contributed by atoms with Crippen LogP contribution in [0.3, 0.4) is 0 Å². The fraction of sp³-hybridized carbons (Fsp3) is 0.231. The molecule has 5 nitrogen and oxygen atoms in total. The van der Waals surface area contributed by atoms with E-state index in [0.717, 1.165) is 27.6 Å². The van der Waals surface area contributed by atoms with Crippen LogP contribution in [0.25, 0.3) is 10.8 Å². The first-order valence-corrected chi connectivity index (χ1v) is 11.0. The summed E-state index contributed by atoms with van der Waals surface area (Å²) in [5.74, 6) is 0.339. The summed E-state index contributed by atoms with van der Waals surface area (Å²) in [6.45, 7) is 4.41. The zero-order chi connectivity index (χ0) is 22.7. The molecule has 0 saturated carbocycles. The van der Waals surface area contributed by atoms with E-state index in [1.54, 1.807) is 11.8 Å². The molecule has 0 bridgehead atoms. The predicted molar refractivity (Wildman–Crippen MR) is 130 cm³/mol. The minimum Gasteiger partial charge on any atom is -0.489 e. The van der Waals surface area contributed by atoms with Crippen molar-refractivity contribution in [3.8, 4) is 5.75 Å². The van der Waals surface area contributed by atoms with Crippen molar-refractivity contribution in [3.05, 3.63) is 89.1 Å². The zero-order valence-corrected chi connectivity index (χ0v) is 19.2. The summed E-state index contributed by atoms with van der Waals surface area (Å²) in [4.78, 5) is 14.8. The summed E-state index contributed by atoms with van der Waals surface area (Å²) in [5.41, 5.74) is 3.23. The second kappa shape index (κ2) is 9.40. The molecule has 3 aromatic rings. The van der Waals surface area contributed by atoms with Crippen LogP contribution >= 0.6 is 12.2 Å². The summed E-state index contributed by atoms with van der Waals surface area (Å²) < 4.78 is 11.7. The van der Waals surface area contributed by atoms with Crippen LogP contribution in [0, 0.1) is 0 Å². The van der Waals surface area contributed by atoms with Gasteiger partial charge in [-0.15, -0.1) is 0 Å². The van der Waals surface area contributed by atoms with Crippen molar-refractivity contribution in [3.63, 3.8) is 0 Å². The molecule has 0 saturated heterocycles. The van der Waals surface area contributed by atoms with E-state index in [4.69, 9.17) is 21.7 Å². The molecule has 0 radical (unpaired) electrons. The van der Waals surface area contributed by atoms with Gasteiger partial charge in [0.2, 0.25) is 0 Å². The largest absolute Gasteiger partial charge is 0.489 e. The zero-order valence-electron chi connectivity index (χ0n) is 18.4. The number of allylic oxidation sites excluding steroid dienone is 1. The van der Waals surface area contributed by atoms with E-state index in [2.05, 4.69) is 5.32 Å². The topological polar surface area (TPSA) is 50.8 Å². The maximum atomic E-state index is 13.0. The van der Waals surface area contributed by atoms with Crippen molar-refractivity contribution in [2.75, 3.05) is 13.7 Å². The highest BCUT2D eigenvalue weighted by Gasteiger charge is 2.36. The van der Waals surface area contributed by atoms with Gasteiger partial charge in [-0.25, -0.2) is 4.79 Å². The van der Waals surface area contributed by atoms with Crippen LogP contribution in [0.2, 0.25) is 0 Å². The van der Waals surface area contributed by atoms with Gasteiger partial charge < -0.3 is 19.7 Å². The van der Waals surface area contributed by atoms with Crippen molar-refractivity contribution in [2.45, 2.75) is 26.5 Å². The van der Waals surface area contributed by atoms with E-state index in [1.165, 1.54) is 0 Å². The van der Waals surface area contributed by atoms with Crippen molar-refractivity contribution in [1.82, 2.24) is 10.2 Å². The minimum absolute atomic E-state index is 0.295. The third-order valence-electron chi connectivity index (χ3n) is 5.71. The van der Waals surface area contributed by atoms with Crippen molar-refractivity contribution in [1.29, 1.82) is 0 Å². The van der Waals surface area contributed by atoms with Gasteiger partial charge in [0.15, 0.2) is 5.11 Å². The van der Waals surface area contributed by atoms with Gasteiger partial charge in [0.05, 0.1) is 18.2 Å². The number of nitrogens with one attached hydrogen (secondary N) is 1. The number of esters is 1. The Hall–Kier alpha value is -3.38. The average molecular weight is 447 g/mol. The summed E-state index contributed by atoms with van der Waals surface area (Å²) >= 11 is 5.58. The number of hydrogen-bond acceptors (Lipinski definition) is 4. The molecule has 0 amide bonds. The Morgan fingerprint density at radius 2 is 1.78 bits per heavy atom. The molecule has 4 rings (SSSR count). The molecule has 0 spiro atoms. The molecule has 1 heterocycles. The minimum atomic E-state index is -0.491. The number of carbonyl (C=O) groups is 1. The third-order valence-corrected chi connectivity index (χ3v) is 6.10. The van der Waals surface area contributed by atoms with E-state index in [9.17, 15) is 4.79 Å². The van der Waals surface area contributed by atoms with Crippen molar-refractivity contribution < 1.29 is 14.3 Å². The predicted octanol–water partition coefficient (Wildman–Crippen LogP) is 5.12. The van der Waals surface area contributed by atoms with Gasteiger partial charge in [0.1, 0.15) is 12.4 Å². The van der Waals surface area contributed by atoms with Crippen LogP contribution < -0.4 is 10.1 Å². The molecular weight excluding hydrogens is 420 g/mol. The van der Waals surface area contributed by atoms with Gasteiger partial charge in [-0.1, -0.05) is 60.7 Å². The maximum absolute atomic E-state index is 13.0. The highest BCUT2D eigenvalue weighted by Crippen LogP contribution is 2.40. The summed E-state index contributed by atoms with van der Waals surface area (Å²) in [6.07, 6.45) is 0. The normalized spacial score (nSPS) is 16.2. The first kappa shape index (κ1) is 21.8. The standard InChI is InChI=1S/C26H26N2O3S/c1-4-30-25(29)22-17(2)28(3)26(32)27-24(22)23-20-13-9-8-12-19(20)14-15-21(23)31-16-18-10-6-5-7-11-18/h5-15,24H,4,16H2,1-3H3,(H,27,32)/t24-/m0/s1. The van der Waals surface area contributed by atoms with Gasteiger partial charge in [-0.05, 0) is 48.5 Å². The number of benzene rings is 3. The Morgan fingerprint density at radius 1 is 1.06 bits per heavy atom. The fourth-order valence-electron chi connectivity index (χ4n) is 3.96. The first-order valence-electron chi connectivity index (χ1n) is 10.6. The molecule has 0 unspecified atom stereocenters. The molecule has 1 N–H and O–H groups in total. The van der Waals surface area contributed by atoms with Crippen LogP contribution in [0.1, 0.15) is 31.0 Å². The van der Waals surface area contributed by atoms with Gasteiger partial charge in [-0.2, -0.15) is 0 Å². The molecule has 0 aliphatic carbocycles. The summed E-state index contributed by atoms with van der Waals surface area (Å²) in [7, 11) is 1.84. The van der Waals surface area contributed by atoms with E-state index >= 15 is 0 Å². The lowest BCUT2D eigenvalue weighted by Gasteiger charge is -2.36. The number of ether oxygens (including phenoxy) is 2. The molecule has 1 atom stereocenters. The Kier molecular flexibility index (Phi) is 6.42. The van der Waals surface area contributed by atoms with Crippen molar-refractivity contribution in [2.24, 2.45) is 0 Å². The molecule has 164 valence electrons. The van der Waals surface area contributed by atoms with Gasteiger partial charge in [0, 0.05) is 18.3 Å². The molecule has 3 aromatic carbocycles. The van der Waals surface area contributed by atoms with E-state index < -0.39 is 6.04 Å². The van der Waals surface area contributed by atoms with E-state index in [1.807, 2.05) is 80.7 Å². The van der Waals surface area contributed by atoms with Crippen LogP contribution in [0.5, 0.6) is 5.75 Å². The Balaban J connectivity index is 1.86. The molecule has 0 aromatic heterocycles. The molecule has 0 fully saturated rings. The average Bonchev–Trinajstić information content (AvgIpc) is 2.81. The summed E-state index contributed by atoms with van der Waals surface area (Å²) in [6, 6.07) is 21.6. The number of thiocarbonyl (C=S) groups is 1. The first-order chi connectivity index (χ1) is 15.5. The third kappa shape index (κ3) is 4.18. The SMILES string of the molecule is CCOC(=O)C1=C(C)N(C)C(=S)N[C@@H]1c1c(OCc2ccccc2)ccc2ccccc12. The molecule has 32 heavy (non-hydrogen) atoms. The number of fused-ring (bicyclic) bond motifs is 1. The van der Waals surface area contributed by atoms with Crippen LogP contribution in [0.15, 0.2) is 78.0 Å². The monoisotopic (exact) mass is 446 g/mol. The van der Waals surface area contributed by atoms with Gasteiger partial charge in [-0.3, -0.25) is 0 Å². The van der Waals surface area contributed by atoms with Crippen LogP contribution in [-0.4, -0.2) is 29.6 Å². The van der Waals surface area contributed by atoms with E-state index in [0.29, 0.717) is 29.6 Å². The number of nitrogens with zero attached hydrogens (tertiary/aromatic N) is 1. The number of hydrogen-bond donors (Lipinski definition) is 1. The lowest BCUT2D eigenvalue weighted by molar-refractivity contribution is -0.139. The van der Waals surface area contributed by atoms with Crippen LogP contribution in [0.4, 0.5) is 0 Å². The number of rotatable bonds is 6. The Labute approximate surface area is 193 Å². The quantitative estimate of drug-likeness (QED) is 0.419. The van der Waals surface area contributed by atoms with Gasteiger partial charge in [0.25, 0.3) is 0 Å². The highest BCUT2D eigenvalue weighted by molar-refractivity contribution is 7.80. The number of carbonyl (C=O) groups excluding carboxylic acids is 1. The second-order valence-corrected chi connectivity index (χ2v) is 8.02. The smallest absolute Gasteiger partial charge is 0.338 e. The second-order valence-electron chi connectivity index (χ2n) is 7.63.